The molecule has 1 saturated carbocycles. The van der Waals surface area contributed by atoms with Crippen LogP contribution in [0.15, 0.2) is 0 Å². The van der Waals surface area contributed by atoms with Gasteiger partial charge in [-0.3, -0.25) is 4.79 Å². The SMILES string of the molecule is NCC12CC1CCNC2=O. The van der Waals surface area contributed by atoms with Gasteiger partial charge in [-0.25, -0.2) is 0 Å². The predicted molar refractivity (Wildman–Crippen MR) is 37.2 cm³/mol. The largest absolute Gasteiger partial charge is 0.356 e. The second-order valence-electron chi connectivity index (χ2n) is 3.31. The van der Waals surface area contributed by atoms with Gasteiger partial charge in [0.05, 0.1) is 5.41 Å². The molecule has 1 saturated heterocycles. The minimum atomic E-state index is -0.127. The first-order valence-corrected chi connectivity index (χ1v) is 3.78. The first kappa shape index (κ1) is 6.16. The molecule has 1 heterocycles. The molecule has 3 nitrogen and oxygen atoms in total. The molecule has 2 unspecified atom stereocenters. The molecule has 2 fully saturated rings. The van der Waals surface area contributed by atoms with Gasteiger partial charge < -0.3 is 11.1 Å². The lowest BCUT2D eigenvalue weighted by atomic mass is 9.98. The highest BCUT2D eigenvalue weighted by molar-refractivity contribution is 5.87. The van der Waals surface area contributed by atoms with Crippen molar-refractivity contribution >= 4 is 5.91 Å². The van der Waals surface area contributed by atoms with E-state index in [2.05, 4.69) is 5.32 Å². The van der Waals surface area contributed by atoms with Crippen LogP contribution < -0.4 is 11.1 Å². The lowest BCUT2D eigenvalue weighted by Gasteiger charge is -2.19. The van der Waals surface area contributed by atoms with E-state index in [4.69, 9.17) is 5.73 Å². The van der Waals surface area contributed by atoms with Crippen molar-refractivity contribution in [3.05, 3.63) is 0 Å². The van der Waals surface area contributed by atoms with E-state index in [1.807, 2.05) is 0 Å². The minimum absolute atomic E-state index is 0.127. The number of amides is 1. The summed E-state index contributed by atoms with van der Waals surface area (Å²) in [5, 5.41) is 2.85. The van der Waals surface area contributed by atoms with Crippen molar-refractivity contribution < 1.29 is 4.79 Å². The molecule has 0 aromatic rings. The number of nitrogens with one attached hydrogen (secondary N) is 1. The lowest BCUT2D eigenvalue weighted by Crippen LogP contribution is -2.42. The number of fused-ring (bicyclic) bond motifs is 1. The molecule has 0 radical (unpaired) electrons. The fourth-order valence-corrected chi connectivity index (χ4v) is 1.92. The summed E-state index contributed by atoms with van der Waals surface area (Å²) in [4.78, 5) is 11.2. The fourth-order valence-electron chi connectivity index (χ4n) is 1.92. The summed E-state index contributed by atoms with van der Waals surface area (Å²) in [5.74, 6) is 0.789. The summed E-state index contributed by atoms with van der Waals surface area (Å²) in [6.45, 7) is 1.38. The molecule has 3 N–H and O–H groups in total. The van der Waals surface area contributed by atoms with E-state index in [0.717, 1.165) is 19.4 Å². The van der Waals surface area contributed by atoms with Crippen molar-refractivity contribution in [2.45, 2.75) is 12.8 Å². The summed E-state index contributed by atoms with van der Waals surface area (Å²) in [7, 11) is 0. The van der Waals surface area contributed by atoms with Crippen molar-refractivity contribution in [2.75, 3.05) is 13.1 Å². The third-order valence-corrected chi connectivity index (χ3v) is 2.83. The zero-order valence-corrected chi connectivity index (χ0v) is 5.89. The monoisotopic (exact) mass is 140 g/mol. The van der Waals surface area contributed by atoms with Crippen molar-refractivity contribution in [3.8, 4) is 0 Å². The average molecular weight is 140 g/mol. The average Bonchev–Trinajstić information content (AvgIpc) is 2.65. The van der Waals surface area contributed by atoms with Crippen LogP contribution in [0.1, 0.15) is 12.8 Å². The van der Waals surface area contributed by atoms with E-state index in [9.17, 15) is 4.79 Å². The van der Waals surface area contributed by atoms with Crippen LogP contribution in [0.25, 0.3) is 0 Å². The Kier molecular flexibility index (Phi) is 1.06. The van der Waals surface area contributed by atoms with Crippen molar-refractivity contribution in [1.82, 2.24) is 5.32 Å². The summed E-state index contributed by atoms with van der Waals surface area (Å²) < 4.78 is 0. The van der Waals surface area contributed by atoms with Crippen LogP contribution in [0.4, 0.5) is 0 Å². The molecule has 0 bridgehead atoms. The Morgan fingerprint density at radius 2 is 2.60 bits per heavy atom. The molecular weight excluding hydrogens is 128 g/mol. The van der Waals surface area contributed by atoms with Gasteiger partial charge in [-0.05, 0) is 18.8 Å². The number of piperidine rings is 1. The Balaban J connectivity index is 2.17. The maximum atomic E-state index is 11.2. The van der Waals surface area contributed by atoms with Crippen LogP contribution in [-0.4, -0.2) is 19.0 Å². The summed E-state index contributed by atoms with van der Waals surface area (Å²) >= 11 is 0. The summed E-state index contributed by atoms with van der Waals surface area (Å²) in [5.41, 5.74) is 5.38. The van der Waals surface area contributed by atoms with Gasteiger partial charge in [0.2, 0.25) is 5.91 Å². The van der Waals surface area contributed by atoms with Crippen LogP contribution in [0, 0.1) is 11.3 Å². The third-order valence-electron chi connectivity index (χ3n) is 2.83. The van der Waals surface area contributed by atoms with E-state index in [1.54, 1.807) is 0 Å². The number of carbonyl (C=O) groups is 1. The Hall–Kier alpha value is -0.570. The van der Waals surface area contributed by atoms with Gasteiger partial charge in [0.15, 0.2) is 0 Å². The number of rotatable bonds is 1. The van der Waals surface area contributed by atoms with Crippen LogP contribution >= 0.6 is 0 Å². The molecular formula is C7H12N2O. The molecule has 2 rings (SSSR count). The zero-order chi connectivity index (χ0) is 7.19. The number of nitrogens with two attached hydrogens (primary N) is 1. The highest BCUT2D eigenvalue weighted by Gasteiger charge is 2.59. The maximum absolute atomic E-state index is 11.2. The zero-order valence-electron chi connectivity index (χ0n) is 5.89. The molecule has 2 aliphatic rings. The van der Waals surface area contributed by atoms with Crippen molar-refractivity contribution in [1.29, 1.82) is 0 Å². The van der Waals surface area contributed by atoms with Gasteiger partial charge in [0.25, 0.3) is 0 Å². The van der Waals surface area contributed by atoms with Crippen LogP contribution in [-0.2, 0) is 4.79 Å². The first-order valence-electron chi connectivity index (χ1n) is 3.78. The molecule has 1 amide bonds. The first-order chi connectivity index (χ1) is 4.79. The van der Waals surface area contributed by atoms with Gasteiger partial charge in [-0.1, -0.05) is 0 Å². The van der Waals surface area contributed by atoms with E-state index in [0.29, 0.717) is 12.5 Å². The quantitative estimate of drug-likeness (QED) is 0.514. The molecule has 0 aromatic heterocycles. The standard InChI is InChI=1S/C7H12N2O/c8-4-7-3-5(7)1-2-9-6(7)10/h5H,1-4,8H2,(H,9,10). The van der Waals surface area contributed by atoms with E-state index in [-0.39, 0.29) is 11.3 Å². The van der Waals surface area contributed by atoms with Gasteiger partial charge in [0, 0.05) is 13.1 Å². The van der Waals surface area contributed by atoms with Crippen molar-refractivity contribution in [2.24, 2.45) is 17.1 Å². The topological polar surface area (TPSA) is 55.1 Å². The molecule has 3 heteroatoms. The highest BCUT2D eigenvalue weighted by Crippen LogP contribution is 2.55. The summed E-state index contributed by atoms with van der Waals surface area (Å²) in [6.07, 6.45) is 2.15. The van der Waals surface area contributed by atoms with E-state index < -0.39 is 0 Å². The molecule has 1 aliphatic carbocycles. The van der Waals surface area contributed by atoms with Gasteiger partial charge in [0.1, 0.15) is 0 Å². The predicted octanol–water partition coefficient (Wildman–Crippen LogP) is -0.529. The van der Waals surface area contributed by atoms with E-state index >= 15 is 0 Å². The lowest BCUT2D eigenvalue weighted by molar-refractivity contribution is -0.127. The molecule has 1 aliphatic heterocycles. The van der Waals surface area contributed by atoms with Crippen LogP contribution in [0.5, 0.6) is 0 Å². The second kappa shape index (κ2) is 1.72. The summed E-state index contributed by atoms with van der Waals surface area (Å²) in [6, 6.07) is 0. The van der Waals surface area contributed by atoms with Crippen molar-refractivity contribution in [3.63, 3.8) is 0 Å². The molecule has 0 spiro atoms. The normalized spacial score (nSPS) is 44.1. The second-order valence-corrected chi connectivity index (χ2v) is 3.31. The van der Waals surface area contributed by atoms with E-state index in [1.165, 1.54) is 0 Å². The smallest absolute Gasteiger partial charge is 0.227 e. The Labute approximate surface area is 60.0 Å². The van der Waals surface area contributed by atoms with Crippen LogP contribution in [0.3, 0.4) is 0 Å². The van der Waals surface area contributed by atoms with Crippen LogP contribution in [0.2, 0.25) is 0 Å². The fraction of sp³-hybridized carbons (Fsp3) is 0.857. The Morgan fingerprint density at radius 1 is 1.80 bits per heavy atom. The Bertz CT molecular complexity index is 180. The minimum Gasteiger partial charge on any atom is -0.356 e. The number of hydrogen-bond donors (Lipinski definition) is 2. The number of carbonyl (C=O) groups excluding carboxylic acids is 1. The van der Waals surface area contributed by atoms with Gasteiger partial charge in [-0.15, -0.1) is 0 Å². The molecule has 0 aromatic carbocycles. The molecule has 56 valence electrons. The Morgan fingerprint density at radius 3 is 3.10 bits per heavy atom. The van der Waals surface area contributed by atoms with Gasteiger partial charge >= 0.3 is 0 Å². The highest BCUT2D eigenvalue weighted by atomic mass is 16.2. The number of hydrogen-bond acceptors (Lipinski definition) is 2. The molecule has 2 atom stereocenters. The third kappa shape index (κ3) is 0.560. The van der Waals surface area contributed by atoms with Gasteiger partial charge in [-0.2, -0.15) is 0 Å². The molecule has 10 heavy (non-hydrogen) atoms. The maximum Gasteiger partial charge on any atom is 0.227 e.